The lowest BCUT2D eigenvalue weighted by Crippen LogP contribution is -2.25. The Hall–Kier alpha value is -2.43. The van der Waals surface area contributed by atoms with Gasteiger partial charge in [0.25, 0.3) is 0 Å². The van der Waals surface area contributed by atoms with Crippen molar-refractivity contribution in [2.75, 3.05) is 11.9 Å². The number of rotatable bonds is 4. The molecule has 20 heavy (non-hydrogen) atoms. The maximum Gasteiger partial charge on any atom is 0.221 e. The average molecular weight is 268 g/mol. The number of nitrogens with zero attached hydrogens (tertiary/aromatic N) is 2. The first kappa shape index (κ1) is 12.6. The normalized spacial score (nSPS) is 16.3. The van der Waals surface area contributed by atoms with Crippen LogP contribution in [0.5, 0.6) is 0 Å². The fraction of sp³-hybridized carbons (Fsp3) is 0.267. The van der Waals surface area contributed by atoms with Gasteiger partial charge in [0.05, 0.1) is 12.2 Å². The van der Waals surface area contributed by atoms with Crippen molar-refractivity contribution in [1.82, 2.24) is 15.5 Å². The van der Waals surface area contributed by atoms with E-state index < -0.39 is 0 Å². The van der Waals surface area contributed by atoms with Crippen LogP contribution in [0.2, 0.25) is 0 Å². The molecule has 1 amide bonds. The van der Waals surface area contributed by atoms with E-state index in [4.69, 9.17) is 0 Å². The second-order valence-corrected chi connectivity index (χ2v) is 4.86. The molecular formula is C15H16N4O. The van der Waals surface area contributed by atoms with Gasteiger partial charge in [-0.3, -0.25) is 4.79 Å². The molecule has 0 fully saturated rings. The van der Waals surface area contributed by atoms with Gasteiger partial charge < -0.3 is 10.6 Å². The number of para-hydroxylation sites is 1. The van der Waals surface area contributed by atoms with Crippen molar-refractivity contribution in [2.45, 2.75) is 18.9 Å². The van der Waals surface area contributed by atoms with Crippen LogP contribution in [0.25, 0.3) is 0 Å². The molecule has 2 heterocycles. The molecule has 0 spiro atoms. The smallest absolute Gasteiger partial charge is 0.221 e. The molecule has 2 aromatic rings. The third kappa shape index (κ3) is 2.77. The van der Waals surface area contributed by atoms with Crippen LogP contribution in [0.1, 0.15) is 23.6 Å². The van der Waals surface area contributed by atoms with Crippen LogP contribution in [-0.2, 0) is 11.3 Å². The molecule has 0 saturated heterocycles. The summed E-state index contributed by atoms with van der Waals surface area (Å²) in [6.45, 7) is 1.24. The van der Waals surface area contributed by atoms with E-state index in [0.717, 1.165) is 17.9 Å². The Bertz CT molecular complexity index is 600. The maximum absolute atomic E-state index is 12.0. The number of carbonyl (C=O) groups is 1. The highest BCUT2D eigenvalue weighted by Crippen LogP contribution is 2.32. The van der Waals surface area contributed by atoms with E-state index in [9.17, 15) is 4.79 Å². The van der Waals surface area contributed by atoms with E-state index in [2.05, 4.69) is 26.9 Å². The third-order valence-corrected chi connectivity index (χ3v) is 3.47. The number of nitrogens with one attached hydrogen (secondary N) is 2. The van der Waals surface area contributed by atoms with Crippen molar-refractivity contribution in [2.24, 2.45) is 0 Å². The molecule has 3 rings (SSSR count). The lowest BCUT2D eigenvalue weighted by atomic mass is 9.97. The molecule has 1 aliphatic heterocycles. The fourth-order valence-corrected chi connectivity index (χ4v) is 2.45. The highest BCUT2D eigenvalue weighted by molar-refractivity contribution is 5.78. The SMILES string of the molecule is O=C(CC1CNc2ccccc21)NCc1cccnn1. The minimum absolute atomic E-state index is 0.0409. The molecule has 5 nitrogen and oxygen atoms in total. The quantitative estimate of drug-likeness (QED) is 0.885. The van der Waals surface area contributed by atoms with Gasteiger partial charge in [-0.25, -0.2) is 0 Å². The Kier molecular flexibility index (Phi) is 3.58. The molecule has 1 aliphatic rings. The summed E-state index contributed by atoms with van der Waals surface area (Å²) in [4.78, 5) is 12.0. The predicted molar refractivity (Wildman–Crippen MR) is 76.2 cm³/mol. The average Bonchev–Trinajstić information content (AvgIpc) is 2.90. The number of hydrogen-bond acceptors (Lipinski definition) is 4. The predicted octanol–water partition coefficient (Wildman–Crippen LogP) is 1.69. The monoisotopic (exact) mass is 268 g/mol. The van der Waals surface area contributed by atoms with E-state index in [-0.39, 0.29) is 11.8 Å². The summed E-state index contributed by atoms with van der Waals surface area (Å²) < 4.78 is 0. The minimum Gasteiger partial charge on any atom is -0.384 e. The van der Waals surface area contributed by atoms with E-state index >= 15 is 0 Å². The van der Waals surface area contributed by atoms with Gasteiger partial charge in [0.2, 0.25) is 5.91 Å². The van der Waals surface area contributed by atoms with Gasteiger partial charge in [-0.15, -0.1) is 0 Å². The van der Waals surface area contributed by atoms with Crippen LogP contribution in [0.15, 0.2) is 42.6 Å². The van der Waals surface area contributed by atoms with E-state index in [1.165, 1.54) is 5.56 Å². The number of hydrogen-bond donors (Lipinski definition) is 2. The second kappa shape index (κ2) is 5.69. The minimum atomic E-state index is 0.0409. The van der Waals surface area contributed by atoms with Crippen LogP contribution < -0.4 is 10.6 Å². The zero-order valence-electron chi connectivity index (χ0n) is 11.0. The van der Waals surface area contributed by atoms with Gasteiger partial charge >= 0.3 is 0 Å². The number of aromatic nitrogens is 2. The summed E-state index contributed by atoms with van der Waals surface area (Å²) in [6.07, 6.45) is 2.11. The first-order valence-corrected chi connectivity index (χ1v) is 6.69. The van der Waals surface area contributed by atoms with Crippen molar-refractivity contribution in [3.63, 3.8) is 0 Å². The lowest BCUT2D eigenvalue weighted by molar-refractivity contribution is -0.121. The molecule has 1 aromatic heterocycles. The summed E-state index contributed by atoms with van der Waals surface area (Å²) in [5.74, 6) is 0.284. The highest BCUT2D eigenvalue weighted by Gasteiger charge is 2.23. The number of fused-ring (bicyclic) bond motifs is 1. The molecule has 1 unspecified atom stereocenters. The summed E-state index contributed by atoms with van der Waals surface area (Å²) in [6, 6.07) is 11.8. The molecule has 1 aromatic carbocycles. The molecule has 0 bridgehead atoms. The molecule has 1 atom stereocenters. The molecule has 0 saturated carbocycles. The molecule has 5 heteroatoms. The fourth-order valence-electron chi connectivity index (χ4n) is 2.45. The summed E-state index contributed by atoms with van der Waals surface area (Å²) in [7, 11) is 0. The topological polar surface area (TPSA) is 66.9 Å². The van der Waals surface area contributed by atoms with Gasteiger partial charge in [0.15, 0.2) is 0 Å². The van der Waals surface area contributed by atoms with Gasteiger partial charge in [-0.05, 0) is 23.8 Å². The van der Waals surface area contributed by atoms with Crippen LogP contribution in [0.3, 0.4) is 0 Å². The first-order valence-electron chi connectivity index (χ1n) is 6.69. The van der Waals surface area contributed by atoms with Crippen LogP contribution in [-0.4, -0.2) is 22.6 Å². The summed E-state index contributed by atoms with van der Waals surface area (Å²) in [5, 5.41) is 13.9. The molecule has 102 valence electrons. The number of benzene rings is 1. The Morgan fingerprint density at radius 1 is 1.30 bits per heavy atom. The van der Waals surface area contributed by atoms with E-state index in [1.807, 2.05) is 30.3 Å². The number of carbonyl (C=O) groups excluding carboxylic acids is 1. The van der Waals surface area contributed by atoms with Crippen molar-refractivity contribution in [3.05, 3.63) is 53.9 Å². The lowest BCUT2D eigenvalue weighted by Gasteiger charge is -2.10. The Labute approximate surface area is 117 Å². The number of amides is 1. The van der Waals surface area contributed by atoms with Gasteiger partial charge in [0, 0.05) is 30.8 Å². The van der Waals surface area contributed by atoms with E-state index in [1.54, 1.807) is 6.20 Å². The van der Waals surface area contributed by atoms with E-state index in [0.29, 0.717) is 13.0 Å². The Morgan fingerprint density at radius 3 is 3.05 bits per heavy atom. The van der Waals surface area contributed by atoms with Crippen molar-refractivity contribution >= 4 is 11.6 Å². The Morgan fingerprint density at radius 2 is 2.20 bits per heavy atom. The largest absolute Gasteiger partial charge is 0.384 e. The Balaban J connectivity index is 1.55. The standard InChI is InChI=1S/C15H16N4O/c20-15(17-10-12-4-3-7-18-19-12)8-11-9-16-14-6-2-1-5-13(11)14/h1-7,11,16H,8-10H2,(H,17,20). The molecular weight excluding hydrogens is 252 g/mol. The number of anilines is 1. The second-order valence-electron chi connectivity index (χ2n) is 4.86. The molecule has 0 aliphatic carbocycles. The third-order valence-electron chi connectivity index (χ3n) is 3.47. The summed E-state index contributed by atoms with van der Waals surface area (Å²) >= 11 is 0. The zero-order valence-corrected chi connectivity index (χ0v) is 11.0. The summed E-state index contributed by atoms with van der Waals surface area (Å²) in [5.41, 5.74) is 3.13. The first-order chi connectivity index (χ1) is 9.83. The molecule has 2 N–H and O–H groups in total. The highest BCUT2D eigenvalue weighted by atomic mass is 16.1. The van der Waals surface area contributed by atoms with Crippen molar-refractivity contribution in [3.8, 4) is 0 Å². The van der Waals surface area contributed by atoms with Gasteiger partial charge in [0.1, 0.15) is 0 Å². The van der Waals surface area contributed by atoms with Crippen molar-refractivity contribution < 1.29 is 4.79 Å². The maximum atomic E-state index is 12.0. The van der Waals surface area contributed by atoms with Gasteiger partial charge in [-0.2, -0.15) is 10.2 Å². The molecule has 0 radical (unpaired) electrons. The van der Waals surface area contributed by atoms with Crippen LogP contribution in [0, 0.1) is 0 Å². The van der Waals surface area contributed by atoms with Crippen LogP contribution in [0.4, 0.5) is 5.69 Å². The van der Waals surface area contributed by atoms with Crippen LogP contribution >= 0.6 is 0 Å². The zero-order chi connectivity index (χ0) is 13.8. The van der Waals surface area contributed by atoms with Crippen molar-refractivity contribution in [1.29, 1.82) is 0 Å². The van der Waals surface area contributed by atoms with Gasteiger partial charge in [-0.1, -0.05) is 18.2 Å².